The Bertz CT molecular complexity index is 759. The SMILES string of the molecule is CC1CC(CN)CN1C(=O)Cn1ccc(=O)c2ccccc21.Cl. The Morgan fingerprint density at radius 2 is 2.04 bits per heavy atom. The molecular formula is C17H22ClN3O2. The maximum absolute atomic E-state index is 12.6. The monoisotopic (exact) mass is 335 g/mol. The highest BCUT2D eigenvalue weighted by molar-refractivity contribution is 5.85. The van der Waals surface area contributed by atoms with Crippen molar-refractivity contribution in [2.75, 3.05) is 13.1 Å². The molecule has 2 heterocycles. The molecule has 1 aliphatic rings. The van der Waals surface area contributed by atoms with Crippen molar-refractivity contribution in [3.05, 3.63) is 46.8 Å². The van der Waals surface area contributed by atoms with Crippen molar-refractivity contribution in [1.82, 2.24) is 9.47 Å². The number of carbonyl (C=O) groups is 1. The first kappa shape index (κ1) is 17.5. The number of amides is 1. The smallest absolute Gasteiger partial charge is 0.242 e. The van der Waals surface area contributed by atoms with Crippen molar-refractivity contribution >= 4 is 29.2 Å². The molecule has 0 bridgehead atoms. The number of rotatable bonds is 3. The second-order valence-corrected chi connectivity index (χ2v) is 6.06. The van der Waals surface area contributed by atoms with E-state index in [-0.39, 0.29) is 36.3 Å². The third-order valence-electron chi connectivity index (χ3n) is 4.51. The first-order valence-corrected chi connectivity index (χ1v) is 7.68. The molecule has 0 aliphatic carbocycles. The summed E-state index contributed by atoms with van der Waals surface area (Å²) in [6, 6.07) is 9.13. The molecule has 3 rings (SSSR count). The fourth-order valence-electron chi connectivity index (χ4n) is 3.30. The highest BCUT2D eigenvalue weighted by atomic mass is 35.5. The van der Waals surface area contributed by atoms with Gasteiger partial charge >= 0.3 is 0 Å². The van der Waals surface area contributed by atoms with Crippen molar-refractivity contribution in [1.29, 1.82) is 0 Å². The van der Waals surface area contributed by atoms with E-state index in [1.807, 2.05) is 27.7 Å². The predicted octanol–water partition coefficient (Wildman–Crippen LogP) is 1.62. The van der Waals surface area contributed by atoms with Crippen LogP contribution in [0.25, 0.3) is 10.9 Å². The van der Waals surface area contributed by atoms with Crippen LogP contribution in [0.1, 0.15) is 13.3 Å². The summed E-state index contributed by atoms with van der Waals surface area (Å²) in [5, 5.41) is 0.645. The summed E-state index contributed by atoms with van der Waals surface area (Å²) < 4.78 is 1.85. The van der Waals surface area contributed by atoms with Crippen LogP contribution < -0.4 is 11.2 Å². The molecular weight excluding hydrogens is 314 g/mol. The quantitative estimate of drug-likeness (QED) is 0.926. The second-order valence-electron chi connectivity index (χ2n) is 6.06. The van der Waals surface area contributed by atoms with Crippen LogP contribution in [-0.2, 0) is 11.3 Å². The molecule has 5 nitrogen and oxygen atoms in total. The van der Waals surface area contributed by atoms with E-state index >= 15 is 0 Å². The molecule has 0 radical (unpaired) electrons. The van der Waals surface area contributed by atoms with Crippen molar-refractivity contribution < 1.29 is 4.79 Å². The molecule has 124 valence electrons. The summed E-state index contributed by atoms with van der Waals surface area (Å²) in [6.07, 6.45) is 2.66. The average molecular weight is 336 g/mol. The molecule has 1 fully saturated rings. The van der Waals surface area contributed by atoms with E-state index < -0.39 is 0 Å². The molecule has 2 unspecified atom stereocenters. The van der Waals surface area contributed by atoms with Gasteiger partial charge in [0, 0.05) is 30.2 Å². The minimum Gasteiger partial charge on any atom is -0.338 e. The average Bonchev–Trinajstić information content (AvgIpc) is 2.91. The maximum Gasteiger partial charge on any atom is 0.242 e. The van der Waals surface area contributed by atoms with Gasteiger partial charge in [-0.2, -0.15) is 0 Å². The highest BCUT2D eigenvalue weighted by Crippen LogP contribution is 2.22. The standard InChI is InChI=1S/C17H21N3O2.ClH/c1-12-8-13(9-18)10-20(12)17(22)11-19-7-6-16(21)14-4-2-3-5-15(14)19;/h2-7,12-13H,8-11,18H2,1H3;1H. The van der Waals surface area contributed by atoms with Gasteiger partial charge in [-0.25, -0.2) is 0 Å². The lowest BCUT2D eigenvalue weighted by Crippen LogP contribution is -2.37. The zero-order valence-electron chi connectivity index (χ0n) is 13.1. The number of carbonyl (C=O) groups excluding carboxylic acids is 1. The number of hydrogen-bond acceptors (Lipinski definition) is 3. The Morgan fingerprint density at radius 3 is 2.74 bits per heavy atom. The number of nitrogens with zero attached hydrogens (tertiary/aromatic N) is 2. The van der Waals surface area contributed by atoms with Gasteiger partial charge in [0.05, 0.1) is 5.52 Å². The maximum atomic E-state index is 12.6. The van der Waals surface area contributed by atoms with Gasteiger partial charge in [0.2, 0.25) is 5.91 Å². The number of fused-ring (bicyclic) bond motifs is 1. The number of pyridine rings is 1. The van der Waals surface area contributed by atoms with Crippen LogP contribution in [0.5, 0.6) is 0 Å². The van der Waals surface area contributed by atoms with E-state index in [2.05, 4.69) is 6.92 Å². The third kappa shape index (κ3) is 3.41. The van der Waals surface area contributed by atoms with E-state index in [9.17, 15) is 9.59 Å². The molecule has 1 saturated heterocycles. The van der Waals surface area contributed by atoms with Crippen LogP contribution in [0, 0.1) is 5.92 Å². The number of aromatic nitrogens is 1. The summed E-state index contributed by atoms with van der Waals surface area (Å²) in [7, 11) is 0. The zero-order valence-corrected chi connectivity index (χ0v) is 14.0. The van der Waals surface area contributed by atoms with Crippen molar-refractivity contribution in [3.8, 4) is 0 Å². The largest absolute Gasteiger partial charge is 0.338 e. The van der Waals surface area contributed by atoms with Gasteiger partial charge in [-0.3, -0.25) is 9.59 Å². The normalized spacial score (nSPS) is 20.5. The van der Waals surface area contributed by atoms with E-state index in [1.165, 1.54) is 6.07 Å². The molecule has 1 aromatic heterocycles. The van der Waals surface area contributed by atoms with Crippen LogP contribution in [-0.4, -0.2) is 34.5 Å². The number of para-hydroxylation sites is 1. The van der Waals surface area contributed by atoms with E-state index in [0.29, 0.717) is 17.8 Å². The number of benzene rings is 1. The predicted molar refractivity (Wildman–Crippen MR) is 93.8 cm³/mol. The van der Waals surface area contributed by atoms with E-state index in [1.54, 1.807) is 12.3 Å². The van der Waals surface area contributed by atoms with E-state index in [0.717, 1.165) is 18.5 Å². The molecule has 2 aromatic rings. The van der Waals surface area contributed by atoms with Crippen molar-refractivity contribution in [2.45, 2.75) is 25.9 Å². The van der Waals surface area contributed by atoms with Gasteiger partial charge in [0.1, 0.15) is 6.54 Å². The first-order chi connectivity index (χ1) is 10.6. The van der Waals surface area contributed by atoms with Crippen molar-refractivity contribution in [3.63, 3.8) is 0 Å². The summed E-state index contributed by atoms with van der Waals surface area (Å²) in [4.78, 5) is 26.4. The lowest BCUT2D eigenvalue weighted by molar-refractivity contribution is -0.132. The summed E-state index contributed by atoms with van der Waals surface area (Å²) in [5.41, 5.74) is 6.50. The highest BCUT2D eigenvalue weighted by Gasteiger charge is 2.31. The summed E-state index contributed by atoms with van der Waals surface area (Å²) >= 11 is 0. The van der Waals surface area contributed by atoms with Crippen LogP contribution in [0.4, 0.5) is 0 Å². The number of halogens is 1. The molecule has 2 N–H and O–H groups in total. The van der Waals surface area contributed by atoms with Crippen LogP contribution in [0.2, 0.25) is 0 Å². The van der Waals surface area contributed by atoms with Crippen molar-refractivity contribution in [2.24, 2.45) is 11.7 Å². The summed E-state index contributed by atoms with van der Waals surface area (Å²) in [5.74, 6) is 0.474. The molecule has 1 amide bonds. The third-order valence-corrected chi connectivity index (χ3v) is 4.51. The van der Waals surface area contributed by atoms with Gasteiger partial charge in [-0.05, 0) is 37.9 Å². The van der Waals surface area contributed by atoms with Gasteiger partial charge in [-0.1, -0.05) is 12.1 Å². The van der Waals surface area contributed by atoms with Gasteiger partial charge < -0.3 is 15.2 Å². The van der Waals surface area contributed by atoms with E-state index in [4.69, 9.17) is 5.73 Å². The van der Waals surface area contributed by atoms with Gasteiger partial charge in [0.15, 0.2) is 5.43 Å². The molecule has 0 saturated carbocycles. The summed E-state index contributed by atoms with van der Waals surface area (Å²) in [6.45, 7) is 3.67. The Balaban J connectivity index is 0.00000192. The Morgan fingerprint density at radius 1 is 1.30 bits per heavy atom. The minimum absolute atomic E-state index is 0. The molecule has 1 aromatic carbocycles. The van der Waals surface area contributed by atoms with Crippen LogP contribution in [0.15, 0.2) is 41.3 Å². The molecule has 23 heavy (non-hydrogen) atoms. The molecule has 0 spiro atoms. The number of hydrogen-bond donors (Lipinski definition) is 1. The zero-order chi connectivity index (χ0) is 15.7. The lowest BCUT2D eigenvalue weighted by Gasteiger charge is -2.22. The molecule has 6 heteroatoms. The van der Waals surface area contributed by atoms with Gasteiger partial charge in [-0.15, -0.1) is 12.4 Å². The fraction of sp³-hybridized carbons (Fsp3) is 0.412. The minimum atomic E-state index is -0.0166. The van der Waals surface area contributed by atoms with Crippen LogP contribution >= 0.6 is 12.4 Å². The lowest BCUT2D eigenvalue weighted by atomic mass is 10.1. The number of nitrogens with two attached hydrogens (primary N) is 1. The Kier molecular flexibility index (Phi) is 5.44. The topological polar surface area (TPSA) is 68.3 Å². The Hall–Kier alpha value is -1.85. The van der Waals surface area contributed by atoms with Gasteiger partial charge in [0.25, 0.3) is 0 Å². The molecule has 1 aliphatic heterocycles. The first-order valence-electron chi connectivity index (χ1n) is 7.68. The Labute approximate surface area is 141 Å². The number of likely N-dealkylation sites (tertiary alicyclic amines) is 1. The van der Waals surface area contributed by atoms with Crippen LogP contribution in [0.3, 0.4) is 0 Å². The molecule has 2 atom stereocenters. The fourth-order valence-corrected chi connectivity index (χ4v) is 3.30. The second kappa shape index (κ2) is 7.15.